The van der Waals surface area contributed by atoms with Crippen molar-refractivity contribution in [2.24, 2.45) is 12.1 Å². The Bertz CT molecular complexity index is 1480. The van der Waals surface area contributed by atoms with Crippen molar-refractivity contribution >= 4 is 29.3 Å². The Morgan fingerprint density at radius 3 is 2.30 bits per heavy atom. The van der Waals surface area contributed by atoms with Crippen LogP contribution in [0.15, 0.2) is 52.4 Å². The number of carbonyl (C=O) groups excluding carboxylic acids is 1. The van der Waals surface area contributed by atoms with Crippen molar-refractivity contribution in [1.29, 1.82) is 0 Å². The number of nitrogens with zero attached hydrogens (tertiary/aromatic N) is 4. The average Bonchev–Trinajstić information content (AvgIpc) is 3.13. The van der Waals surface area contributed by atoms with E-state index in [4.69, 9.17) is 5.11 Å². The van der Waals surface area contributed by atoms with Crippen LogP contribution in [0, 0.1) is 13.8 Å². The first-order chi connectivity index (χ1) is 15.6. The van der Waals surface area contributed by atoms with E-state index in [0.717, 1.165) is 16.8 Å². The summed E-state index contributed by atoms with van der Waals surface area (Å²) in [7, 11) is 5.52. The SMILES string of the molecule is Cc1cc(N(C)C)ccc1/C=c1\c(C)c2c(n(C)c1=O)=NN(c1ccc(C(=O)O)cc1)C2=O. The molecule has 2 aromatic carbocycles. The highest BCUT2D eigenvalue weighted by atomic mass is 16.4. The van der Waals surface area contributed by atoms with Gasteiger partial charge in [-0.2, -0.15) is 5.01 Å². The molecule has 3 aromatic rings. The Balaban J connectivity index is 1.85. The molecule has 8 heteroatoms. The quantitative estimate of drug-likeness (QED) is 0.662. The predicted molar refractivity (Wildman–Crippen MR) is 126 cm³/mol. The summed E-state index contributed by atoms with van der Waals surface area (Å²) in [5.41, 5.74) is 4.44. The minimum atomic E-state index is -1.05. The first-order valence-electron chi connectivity index (χ1n) is 10.4. The van der Waals surface area contributed by atoms with Gasteiger partial charge in [-0.1, -0.05) is 6.07 Å². The van der Waals surface area contributed by atoms with Crippen molar-refractivity contribution in [3.05, 3.63) is 91.3 Å². The van der Waals surface area contributed by atoms with Crippen LogP contribution < -0.4 is 26.2 Å². The van der Waals surface area contributed by atoms with Crippen molar-refractivity contribution in [2.75, 3.05) is 24.0 Å². The Labute approximate surface area is 190 Å². The van der Waals surface area contributed by atoms with Crippen LogP contribution >= 0.6 is 0 Å². The fourth-order valence-corrected chi connectivity index (χ4v) is 3.87. The molecule has 1 amide bonds. The fourth-order valence-electron chi connectivity index (χ4n) is 3.87. The summed E-state index contributed by atoms with van der Waals surface area (Å²) >= 11 is 0. The second kappa shape index (κ2) is 8.05. The normalized spacial score (nSPS) is 13.2. The largest absolute Gasteiger partial charge is 0.478 e. The summed E-state index contributed by atoms with van der Waals surface area (Å²) in [4.78, 5) is 39.6. The van der Waals surface area contributed by atoms with Gasteiger partial charge in [0.05, 0.1) is 16.8 Å². The van der Waals surface area contributed by atoms with Gasteiger partial charge in [0.1, 0.15) is 0 Å². The van der Waals surface area contributed by atoms with Gasteiger partial charge in [0.15, 0.2) is 5.49 Å². The van der Waals surface area contributed by atoms with E-state index in [-0.39, 0.29) is 22.5 Å². The molecule has 0 fully saturated rings. The minimum Gasteiger partial charge on any atom is -0.478 e. The summed E-state index contributed by atoms with van der Waals surface area (Å²) in [6.45, 7) is 3.73. The minimum absolute atomic E-state index is 0.110. The van der Waals surface area contributed by atoms with Gasteiger partial charge in [0.2, 0.25) is 0 Å². The van der Waals surface area contributed by atoms with Crippen LogP contribution in [0.5, 0.6) is 0 Å². The number of aryl methyl sites for hydroxylation is 1. The fraction of sp³-hybridized carbons (Fsp3) is 0.200. The molecule has 0 atom stereocenters. The van der Waals surface area contributed by atoms with Crippen LogP contribution in [0.3, 0.4) is 0 Å². The molecule has 33 heavy (non-hydrogen) atoms. The van der Waals surface area contributed by atoms with E-state index < -0.39 is 5.97 Å². The van der Waals surface area contributed by atoms with Crippen LogP contribution in [0.4, 0.5) is 11.4 Å². The molecule has 0 saturated heterocycles. The molecule has 0 radical (unpaired) electrons. The number of fused-ring (bicyclic) bond motifs is 1. The van der Waals surface area contributed by atoms with Crippen LogP contribution in [-0.2, 0) is 7.05 Å². The number of carboxylic acids is 1. The molecular weight excluding hydrogens is 420 g/mol. The highest BCUT2D eigenvalue weighted by molar-refractivity contribution is 6.08. The van der Waals surface area contributed by atoms with E-state index in [1.807, 2.05) is 50.2 Å². The Hall–Kier alpha value is -4.20. The summed E-state index contributed by atoms with van der Waals surface area (Å²) in [5, 5.41) is 15.1. The molecule has 8 nitrogen and oxygen atoms in total. The third-order valence-electron chi connectivity index (χ3n) is 5.88. The van der Waals surface area contributed by atoms with Crippen molar-refractivity contribution < 1.29 is 14.7 Å². The number of benzene rings is 2. The van der Waals surface area contributed by atoms with E-state index in [1.54, 1.807) is 14.0 Å². The topological polar surface area (TPSA) is 95.2 Å². The summed E-state index contributed by atoms with van der Waals surface area (Å²) in [6.07, 6.45) is 1.81. The predicted octanol–water partition coefficient (Wildman–Crippen LogP) is 1.79. The van der Waals surface area contributed by atoms with E-state index in [0.29, 0.717) is 22.0 Å². The molecule has 1 aromatic heterocycles. The smallest absolute Gasteiger partial charge is 0.335 e. The number of rotatable bonds is 4. The summed E-state index contributed by atoms with van der Waals surface area (Å²) in [6, 6.07) is 11.8. The molecule has 0 saturated carbocycles. The zero-order valence-electron chi connectivity index (χ0n) is 19.1. The highest BCUT2D eigenvalue weighted by Crippen LogP contribution is 2.21. The molecule has 4 rings (SSSR count). The Morgan fingerprint density at radius 2 is 1.73 bits per heavy atom. The Morgan fingerprint density at radius 1 is 1.06 bits per heavy atom. The number of anilines is 2. The number of hydrogen-bond acceptors (Lipinski definition) is 5. The number of carboxylic acid groups (broad SMARTS) is 1. The van der Waals surface area contributed by atoms with Gasteiger partial charge in [0.25, 0.3) is 11.5 Å². The maximum Gasteiger partial charge on any atom is 0.335 e. The number of aromatic nitrogens is 1. The first-order valence-corrected chi connectivity index (χ1v) is 10.4. The van der Waals surface area contributed by atoms with Gasteiger partial charge in [-0.05, 0) is 73.0 Å². The number of amides is 1. The van der Waals surface area contributed by atoms with Gasteiger partial charge < -0.3 is 10.0 Å². The van der Waals surface area contributed by atoms with Crippen LogP contribution in [0.25, 0.3) is 6.08 Å². The lowest BCUT2D eigenvalue weighted by Crippen LogP contribution is -2.44. The maximum absolute atomic E-state index is 13.3. The van der Waals surface area contributed by atoms with Crippen molar-refractivity contribution in [1.82, 2.24) is 4.57 Å². The van der Waals surface area contributed by atoms with E-state index in [2.05, 4.69) is 5.10 Å². The van der Waals surface area contributed by atoms with Gasteiger partial charge in [0, 0.05) is 32.0 Å². The highest BCUT2D eigenvalue weighted by Gasteiger charge is 2.29. The van der Waals surface area contributed by atoms with Gasteiger partial charge in [-0.3, -0.25) is 14.2 Å². The number of hydrogen-bond donors (Lipinski definition) is 1. The standard InChI is InChI=1S/C25H24N4O4/c1-14-12-19(27(3)4)11-8-17(14)13-20-15(2)21-22(28(5)23(20)30)26-29(24(21)31)18-9-6-16(7-10-18)25(32)33/h6-13H,1-5H3,(H,32,33)/b20-13+. The molecule has 0 aliphatic carbocycles. The molecule has 0 bridgehead atoms. The number of pyridine rings is 1. The second-order valence-corrected chi connectivity index (χ2v) is 8.25. The Kier molecular flexibility index (Phi) is 5.37. The van der Waals surface area contributed by atoms with Crippen LogP contribution in [0.2, 0.25) is 0 Å². The molecule has 1 aliphatic heterocycles. The third kappa shape index (κ3) is 3.69. The molecule has 0 unspecified atom stereocenters. The average molecular weight is 444 g/mol. The number of aromatic carboxylic acids is 1. The molecule has 1 aliphatic rings. The molecule has 2 heterocycles. The van der Waals surface area contributed by atoms with Crippen molar-refractivity contribution in [3.63, 3.8) is 0 Å². The molecule has 0 spiro atoms. The van der Waals surface area contributed by atoms with Crippen LogP contribution in [-0.4, -0.2) is 35.6 Å². The van der Waals surface area contributed by atoms with Crippen LogP contribution in [0.1, 0.15) is 37.4 Å². The zero-order valence-corrected chi connectivity index (χ0v) is 19.1. The van der Waals surface area contributed by atoms with Gasteiger partial charge in [-0.15, -0.1) is 5.10 Å². The third-order valence-corrected chi connectivity index (χ3v) is 5.88. The second-order valence-electron chi connectivity index (χ2n) is 8.25. The number of carbonyl (C=O) groups is 2. The molecular formula is C25H24N4O4. The molecule has 1 N–H and O–H groups in total. The van der Waals surface area contributed by atoms with Crippen molar-refractivity contribution in [2.45, 2.75) is 13.8 Å². The zero-order chi connectivity index (χ0) is 24.0. The lowest BCUT2D eigenvalue weighted by Gasteiger charge is -2.14. The van der Waals surface area contributed by atoms with Gasteiger partial charge in [-0.25, -0.2) is 4.79 Å². The monoisotopic (exact) mass is 444 g/mol. The van der Waals surface area contributed by atoms with Crippen molar-refractivity contribution in [3.8, 4) is 0 Å². The summed E-state index contributed by atoms with van der Waals surface area (Å²) < 4.78 is 1.38. The lowest BCUT2D eigenvalue weighted by molar-refractivity contribution is 0.0696. The van der Waals surface area contributed by atoms with E-state index in [9.17, 15) is 14.4 Å². The van der Waals surface area contributed by atoms with E-state index in [1.165, 1.54) is 33.8 Å². The molecule has 168 valence electrons. The van der Waals surface area contributed by atoms with Gasteiger partial charge >= 0.3 is 5.97 Å². The van der Waals surface area contributed by atoms with E-state index >= 15 is 0 Å². The lowest BCUT2D eigenvalue weighted by atomic mass is 10.0. The summed E-state index contributed by atoms with van der Waals surface area (Å²) in [5.74, 6) is -1.42. The first kappa shape index (κ1) is 22.0. The maximum atomic E-state index is 13.3.